The first-order valence-electron chi connectivity index (χ1n) is 7.80. The Labute approximate surface area is 150 Å². The van der Waals surface area contributed by atoms with Crippen molar-refractivity contribution in [3.63, 3.8) is 0 Å². The van der Waals surface area contributed by atoms with Gasteiger partial charge in [0, 0.05) is 37.0 Å². The van der Waals surface area contributed by atoms with E-state index in [0.717, 1.165) is 22.5 Å². The van der Waals surface area contributed by atoms with Gasteiger partial charge < -0.3 is 5.73 Å². The lowest BCUT2D eigenvalue weighted by Crippen LogP contribution is -2.01. The van der Waals surface area contributed by atoms with Crippen molar-refractivity contribution in [1.82, 2.24) is 24.5 Å². The van der Waals surface area contributed by atoms with Crippen LogP contribution in [0, 0.1) is 18.3 Å². The summed E-state index contributed by atoms with van der Waals surface area (Å²) < 4.78 is 3.32. The Morgan fingerprint density at radius 2 is 2.00 bits per heavy atom. The Balaban J connectivity index is 2.34. The summed E-state index contributed by atoms with van der Waals surface area (Å²) in [4.78, 5) is 4.40. The first-order chi connectivity index (χ1) is 11.9. The molecule has 3 aromatic rings. The molecule has 2 N–H and O–H groups in total. The molecular weight excluding hydrogens is 338 g/mol. The van der Waals surface area contributed by atoms with Crippen LogP contribution < -0.4 is 5.73 Å². The molecule has 7 nitrogen and oxygen atoms in total. The van der Waals surface area contributed by atoms with Gasteiger partial charge in [-0.1, -0.05) is 18.5 Å². The van der Waals surface area contributed by atoms with Gasteiger partial charge in [0.2, 0.25) is 0 Å². The number of aromatic nitrogens is 5. The molecule has 0 unspecified atom stereocenters. The minimum absolute atomic E-state index is 0.167. The van der Waals surface area contributed by atoms with Crippen molar-refractivity contribution < 1.29 is 0 Å². The minimum atomic E-state index is 0.167. The molecule has 0 aliphatic rings. The molecule has 0 amide bonds. The van der Waals surface area contributed by atoms with Crippen LogP contribution in [0.2, 0.25) is 5.15 Å². The normalized spacial score (nSPS) is 10.9. The first kappa shape index (κ1) is 17.0. The Morgan fingerprint density at radius 3 is 2.56 bits per heavy atom. The van der Waals surface area contributed by atoms with Gasteiger partial charge in [-0.2, -0.15) is 15.5 Å². The number of pyridine rings is 1. The van der Waals surface area contributed by atoms with Crippen molar-refractivity contribution in [2.75, 3.05) is 5.73 Å². The average molecular weight is 356 g/mol. The van der Waals surface area contributed by atoms with E-state index in [0.29, 0.717) is 28.4 Å². The van der Waals surface area contributed by atoms with Crippen LogP contribution in [-0.4, -0.2) is 24.5 Å². The van der Waals surface area contributed by atoms with Gasteiger partial charge in [0.15, 0.2) is 0 Å². The highest BCUT2D eigenvalue weighted by Gasteiger charge is 2.22. The van der Waals surface area contributed by atoms with Crippen molar-refractivity contribution in [2.24, 2.45) is 14.1 Å². The predicted molar refractivity (Wildman–Crippen MR) is 96.9 cm³/mol. The van der Waals surface area contributed by atoms with Crippen molar-refractivity contribution in [1.29, 1.82) is 5.26 Å². The van der Waals surface area contributed by atoms with E-state index in [1.807, 2.05) is 33.2 Å². The highest BCUT2D eigenvalue weighted by atomic mass is 35.5. The van der Waals surface area contributed by atoms with Gasteiger partial charge in [0.25, 0.3) is 0 Å². The number of aryl methyl sites for hydroxylation is 4. The summed E-state index contributed by atoms with van der Waals surface area (Å²) in [5.41, 5.74) is 10.9. The average Bonchev–Trinajstić information content (AvgIpc) is 3.05. The topological polar surface area (TPSA) is 98.3 Å². The van der Waals surface area contributed by atoms with Crippen LogP contribution in [0.1, 0.15) is 23.9 Å². The summed E-state index contributed by atoms with van der Waals surface area (Å²) in [6, 6.07) is 3.98. The summed E-state index contributed by atoms with van der Waals surface area (Å²) in [7, 11) is 3.62. The molecule has 8 heteroatoms. The number of halogens is 1. The summed E-state index contributed by atoms with van der Waals surface area (Å²) in [5.74, 6) is 0.167. The highest BCUT2D eigenvalue weighted by molar-refractivity contribution is 6.32. The van der Waals surface area contributed by atoms with Gasteiger partial charge in [-0.25, -0.2) is 4.98 Å². The Hall–Kier alpha value is -2.85. The number of nitrogen functional groups attached to an aromatic ring is 1. The lowest BCUT2D eigenvalue weighted by atomic mass is 9.98. The van der Waals surface area contributed by atoms with E-state index in [2.05, 4.69) is 21.3 Å². The largest absolute Gasteiger partial charge is 0.383 e. The second-order valence-corrected chi connectivity index (χ2v) is 6.18. The SMILES string of the molecule is CCc1nn(C)c(Cl)c1-c1cc(-c2cn(C)nc2C)nc(N)c1C#N. The molecular formula is C17H18ClN7. The zero-order valence-electron chi connectivity index (χ0n) is 14.5. The summed E-state index contributed by atoms with van der Waals surface area (Å²) in [6.45, 7) is 3.89. The Kier molecular flexibility index (Phi) is 4.23. The molecule has 0 fully saturated rings. The van der Waals surface area contributed by atoms with Gasteiger partial charge in [-0.15, -0.1) is 0 Å². The quantitative estimate of drug-likeness (QED) is 0.778. The number of nitrogens with zero attached hydrogens (tertiary/aromatic N) is 6. The maximum atomic E-state index is 9.59. The van der Waals surface area contributed by atoms with Crippen LogP contribution >= 0.6 is 11.6 Å². The van der Waals surface area contributed by atoms with E-state index in [1.54, 1.807) is 16.4 Å². The Bertz CT molecular complexity index is 1010. The van der Waals surface area contributed by atoms with Crippen LogP contribution in [-0.2, 0) is 20.5 Å². The number of rotatable bonds is 3. The maximum absolute atomic E-state index is 9.59. The molecule has 0 radical (unpaired) electrons. The molecule has 0 saturated carbocycles. The van der Waals surface area contributed by atoms with E-state index >= 15 is 0 Å². The van der Waals surface area contributed by atoms with Crippen molar-refractivity contribution in [3.05, 3.63) is 34.4 Å². The summed E-state index contributed by atoms with van der Waals surface area (Å²) >= 11 is 6.46. The second-order valence-electron chi connectivity index (χ2n) is 5.82. The molecule has 0 atom stereocenters. The Morgan fingerprint density at radius 1 is 1.28 bits per heavy atom. The lowest BCUT2D eigenvalue weighted by Gasteiger charge is -2.10. The second kappa shape index (κ2) is 6.22. The maximum Gasteiger partial charge on any atom is 0.142 e. The number of nitriles is 1. The third kappa shape index (κ3) is 2.75. The molecule has 0 spiro atoms. The summed E-state index contributed by atoms with van der Waals surface area (Å²) in [5, 5.41) is 18.8. The van der Waals surface area contributed by atoms with Gasteiger partial charge in [-0.05, 0) is 19.4 Å². The van der Waals surface area contributed by atoms with Gasteiger partial charge in [0.1, 0.15) is 22.6 Å². The zero-order chi connectivity index (χ0) is 18.3. The molecule has 0 aromatic carbocycles. The number of anilines is 1. The fourth-order valence-electron chi connectivity index (χ4n) is 2.94. The van der Waals surface area contributed by atoms with Crippen molar-refractivity contribution in [2.45, 2.75) is 20.3 Å². The monoisotopic (exact) mass is 355 g/mol. The fraction of sp³-hybridized carbons (Fsp3) is 0.294. The van der Waals surface area contributed by atoms with Gasteiger partial charge in [0.05, 0.1) is 17.1 Å². The van der Waals surface area contributed by atoms with Crippen molar-refractivity contribution in [3.8, 4) is 28.5 Å². The van der Waals surface area contributed by atoms with E-state index in [9.17, 15) is 5.26 Å². The first-order valence-corrected chi connectivity index (χ1v) is 8.18. The molecule has 25 heavy (non-hydrogen) atoms. The van der Waals surface area contributed by atoms with E-state index in [1.165, 1.54) is 0 Å². The molecule has 0 aliphatic heterocycles. The number of nitrogens with two attached hydrogens (primary N) is 1. The van der Waals surface area contributed by atoms with E-state index in [4.69, 9.17) is 17.3 Å². The molecule has 3 aromatic heterocycles. The summed E-state index contributed by atoms with van der Waals surface area (Å²) in [6.07, 6.45) is 2.56. The van der Waals surface area contributed by atoms with Crippen LogP contribution in [0.4, 0.5) is 5.82 Å². The van der Waals surface area contributed by atoms with E-state index in [-0.39, 0.29) is 5.82 Å². The number of hydrogen-bond donors (Lipinski definition) is 1. The van der Waals surface area contributed by atoms with Gasteiger partial charge >= 0.3 is 0 Å². The van der Waals surface area contributed by atoms with Gasteiger partial charge in [-0.3, -0.25) is 9.36 Å². The molecule has 0 saturated heterocycles. The molecule has 3 rings (SSSR count). The van der Waals surface area contributed by atoms with Crippen LogP contribution in [0.15, 0.2) is 12.3 Å². The van der Waals surface area contributed by atoms with Crippen LogP contribution in [0.3, 0.4) is 0 Å². The highest BCUT2D eigenvalue weighted by Crippen LogP contribution is 2.37. The third-order valence-corrected chi connectivity index (χ3v) is 4.54. The molecule has 0 aliphatic carbocycles. The van der Waals surface area contributed by atoms with E-state index < -0.39 is 0 Å². The lowest BCUT2D eigenvalue weighted by molar-refractivity contribution is 0.747. The predicted octanol–water partition coefficient (Wildman–Crippen LogP) is 2.86. The zero-order valence-corrected chi connectivity index (χ0v) is 15.3. The number of hydrogen-bond acceptors (Lipinski definition) is 5. The molecule has 3 heterocycles. The van der Waals surface area contributed by atoms with Crippen LogP contribution in [0.25, 0.3) is 22.4 Å². The standard InChI is InChI=1S/C17H18ClN7/c1-5-13-15(16(18)25(4)23-13)10-6-14(21-17(20)11(10)7-19)12-8-24(3)22-9(12)2/h6,8H,5H2,1-4H3,(H2,20,21). The fourth-order valence-corrected chi connectivity index (χ4v) is 3.19. The van der Waals surface area contributed by atoms with Crippen LogP contribution in [0.5, 0.6) is 0 Å². The minimum Gasteiger partial charge on any atom is -0.383 e. The smallest absolute Gasteiger partial charge is 0.142 e. The molecule has 0 bridgehead atoms. The molecule has 128 valence electrons. The third-order valence-electron chi connectivity index (χ3n) is 4.10. The van der Waals surface area contributed by atoms with Crippen molar-refractivity contribution >= 4 is 17.4 Å².